The van der Waals surface area contributed by atoms with E-state index < -0.39 is 0 Å². The van der Waals surface area contributed by atoms with Crippen LogP contribution >= 0.6 is 0 Å². The van der Waals surface area contributed by atoms with Crippen molar-refractivity contribution in [2.45, 2.75) is 32.8 Å². The van der Waals surface area contributed by atoms with Crippen LogP contribution in [0.4, 0.5) is 0 Å². The van der Waals surface area contributed by atoms with Crippen molar-refractivity contribution in [3.05, 3.63) is 89.1 Å². The van der Waals surface area contributed by atoms with Crippen molar-refractivity contribution in [1.29, 1.82) is 0 Å². The molecule has 29 heavy (non-hydrogen) atoms. The van der Waals surface area contributed by atoms with Crippen LogP contribution in [0.1, 0.15) is 40.5 Å². The highest BCUT2D eigenvalue weighted by Crippen LogP contribution is 2.32. The molecule has 1 aliphatic carbocycles. The van der Waals surface area contributed by atoms with Gasteiger partial charge in [-0.05, 0) is 53.1 Å². The summed E-state index contributed by atoms with van der Waals surface area (Å²) in [5.74, 6) is 0.303. The van der Waals surface area contributed by atoms with E-state index in [1.54, 1.807) is 0 Å². The van der Waals surface area contributed by atoms with Crippen LogP contribution in [0, 0.1) is 5.92 Å². The Morgan fingerprint density at radius 2 is 1.76 bits per heavy atom. The molecular formula is C26H23NO2. The Labute approximate surface area is 170 Å². The van der Waals surface area contributed by atoms with E-state index in [0.29, 0.717) is 11.5 Å². The van der Waals surface area contributed by atoms with Gasteiger partial charge in [-0.25, -0.2) is 4.79 Å². The summed E-state index contributed by atoms with van der Waals surface area (Å²) < 4.78 is 5.86. The second kappa shape index (κ2) is 7.32. The Morgan fingerprint density at radius 3 is 2.66 bits per heavy atom. The number of aryl methyl sites for hydroxylation is 1. The van der Waals surface area contributed by atoms with Gasteiger partial charge in [0.05, 0.1) is 11.1 Å². The van der Waals surface area contributed by atoms with E-state index >= 15 is 0 Å². The average molecular weight is 381 g/mol. The maximum absolute atomic E-state index is 13.3. The topological polar surface area (TPSA) is 39.2 Å². The molecule has 0 saturated carbocycles. The molecule has 0 spiro atoms. The van der Waals surface area contributed by atoms with Gasteiger partial charge in [0.2, 0.25) is 0 Å². The summed E-state index contributed by atoms with van der Waals surface area (Å²) in [5, 5.41) is 3.17. The van der Waals surface area contributed by atoms with Crippen molar-refractivity contribution < 1.29 is 9.53 Å². The van der Waals surface area contributed by atoms with E-state index in [1.807, 2.05) is 48.5 Å². The Kier molecular flexibility index (Phi) is 4.51. The molecule has 1 heterocycles. The largest absolute Gasteiger partial charge is 0.457 e. The van der Waals surface area contributed by atoms with Crippen LogP contribution in [0.2, 0.25) is 0 Å². The Morgan fingerprint density at radius 1 is 1.00 bits per heavy atom. The fourth-order valence-electron chi connectivity index (χ4n) is 4.43. The normalized spacial score (nSPS) is 16.0. The summed E-state index contributed by atoms with van der Waals surface area (Å²) in [4.78, 5) is 18.1. The van der Waals surface area contributed by atoms with Crippen molar-refractivity contribution in [1.82, 2.24) is 4.98 Å². The highest BCUT2D eigenvalue weighted by Gasteiger charge is 2.26. The van der Waals surface area contributed by atoms with Crippen molar-refractivity contribution in [2.24, 2.45) is 5.92 Å². The molecule has 0 fully saturated rings. The number of carbonyl (C=O) groups is 1. The van der Waals surface area contributed by atoms with Gasteiger partial charge in [0.25, 0.3) is 0 Å². The van der Waals surface area contributed by atoms with Crippen LogP contribution < -0.4 is 0 Å². The molecule has 0 aliphatic heterocycles. The minimum Gasteiger partial charge on any atom is -0.457 e. The molecule has 1 unspecified atom stereocenters. The number of nitrogens with zero attached hydrogens (tertiary/aromatic N) is 1. The number of fused-ring (bicyclic) bond motifs is 3. The molecule has 0 radical (unpaired) electrons. The van der Waals surface area contributed by atoms with Crippen molar-refractivity contribution in [2.75, 3.05) is 0 Å². The minimum atomic E-state index is -0.248. The van der Waals surface area contributed by atoms with Gasteiger partial charge in [0.1, 0.15) is 6.61 Å². The van der Waals surface area contributed by atoms with E-state index in [1.165, 1.54) is 0 Å². The highest BCUT2D eigenvalue weighted by molar-refractivity contribution is 6.05. The maximum Gasteiger partial charge on any atom is 0.339 e. The maximum atomic E-state index is 13.3. The summed E-state index contributed by atoms with van der Waals surface area (Å²) in [5.41, 5.74) is 4.73. The predicted molar refractivity (Wildman–Crippen MR) is 116 cm³/mol. The molecule has 3 heteroatoms. The molecule has 3 aromatic carbocycles. The first kappa shape index (κ1) is 17.9. The molecule has 1 atom stereocenters. The average Bonchev–Trinajstić information content (AvgIpc) is 2.76. The number of ether oxygens (including phenoxy) is 1. The SMILES string of the molecule is CC1CCc2nc3ccccc3c(C(=O)OCc3cccc4ccccc34)c2C1. The molecule has 1 aliphatic rings. The molecule has 3 nitrogen and oxygen atoms in total. The number of pyridine rings is 1. The monoisotopic (exact) mass is 381 g/mol. The molecule has 1 aromatic heterocycles. The number of hydrogen-bond acceptors (Lipinski definition) is 3. The Balaban J connectivity index is 1.53. The first-order chi connectivity index (χ1) is 14.2. The van der Waals surface area contributed by atoms with E-state index in [9.17, 15) is 4.79 Å². The van der Waals surface area contributed by atoms with Crippen LogP contribution in [0.3, 0.4) is 0 Å². The van der Waals surface area contributed by atoms with Crippen molar-refractivity contribution in [3.8, 4) is 0 Å². The van der Waals surface area contributed by atoms with Crippen LogP contribution in [-0.4, -0.2) is 11.0 Å². The second-order valence-electron chi connectivity index (χ2n) is 7.99. The van der Waals surface area contributed by atoms with Gasteiger partial charge in [-0.3, -0.25) is 4.98 Å². The van der Waals surface area contributed by atoms with Crippen molar-refractivity contribution >= 4 is 27.6 Å². The van der Waals surface area contributed by atoms with Crippen molar-refractivity contribution in [3.63, 3.8) is 0 Å². The molecule has 0 amide bonds. The third-order valence-electron chi connectivity index (χ3n) is 5.95. The number of rotatable bonds is 3. The summed E-state index contributed by atoms with van der Waals surface area (Å²) in [7, 11) is 0. The fraction of sp³-hybridized carbons (Fsp3) is 0.231. The molecule has 5 rings (SSSR count). The fourth-order valence-corrected chi connectivity index (χ4v) is 4.43. The van der Waals surface area contributed by atoms with E-state index in [-0.39, 0.29) is 12.6 Å². The van der Waals surface area contributed by atoms with Gasteiger partial charge in [-0.2, -0.15) is 0 Å². The Bertz CT molecular complexity index is 1220. The molecule has 0 N–H and O–H groups in total. The first-order valence-electron chi connectivity index (χ1n) is 10.2. The highest BCUT2D eigenvalue weighted by atomic mass is 16.5. The van der Waals surface area contributed by atoms with Crippen LogP contribution in [0.5, 0.6) is 0 Å². The lowest BCUT2D eigenvalue weighted by Gasteiger charge is -2.24. The summed E-state index contributed by atoms with van der Waals surface area (Å²) in [6, 6.07) is 22.2. The summed E-state index contributed by atoms with van der Waals surface area (Å²) >= 11 is 0. The number of esters is 1. The third-order valence-corrected chi connectivity index (χ3v) is 5.95. The second-order valence-corrected chi connectivity index (χ2v) is 7.99. The molecular weight excluding hydrogens is 358 g/mol. The van der Waals surface area contributed by atoms with Crippen LogP contribution in [0.15, 0.2) is 66.7 Å². The molecule has 144 valence electrons. The van der Waals surface area contributed by atoms with Gasteiger partial charge >= 0.3 is 5.97 Å². The number of para-hydroxylation sites is 1. The lowest BCUT2D eigenvalue weighted by molar-refractivity contribution is 0.0474. The molecule has 0 saturated heterocycles. The quantitative estimate of drug-likeness (QED) is 0.417. The van der Waals surface area contributed by atoms with Gasteiger partial charge in [-0.15, -0.1) is 0 Å². The minimum absolute atomic E-state index is 0.248. The number of benzene rings is 3. The standard InChI is InChI=1S/C26H23NO2/c1-17-13-14-24-22(15-17)25(21-11-4-5-12-23(21)27-24)26(28)29-16-19-9-6-8-18-7-2-3-10-20(18)19/h2-12,17H,13-16H2,1H3. The lowest BCUT2D eigenvalue weighted by atomic mass is 9.84. The number of hydrogen-bond donors (Lipinski definition) is 0. The zero-order valence-corrected chi connectivity index (χ0v) is 16.5. The van der Waals surface area contributed by atoms with Gasteiger partial charge in [0, 0.05) is 11.1 Å². The van der Waals surface area contributed by atoms with Crippen LogP contribution in [-0.2, 0) is 24.2 Å². The van der Waals surface area contributed by atoms with Crippen LogP contribution in [0.25, 0.3) is 21.7 Å². The van der Waals surface area contributed by atoms with Gasteiger partial charge < -0.3 is 4.74 Å². The van der Waals surface area contributed by atoms with E-state index in [0.717, 1.165) is 57.8 Å². The van der Waals surface area contributed by atoms with Gasteiger partial charge in [0.15, 0.2) is 0 Å². The predicted octanol–water partition coefficient (Wildman–Crippen LogP) is 5.87. The van der Waals surface area contributed by atoms with E-state index in [4.69, 9.17) is 9.72 Å². The zero-order valence-electron chi connectivity index (χ0n) is 16.5. The molecule has 0 bridgehead atoms. The summed E-state index contributed by atoms with van der Waals surface area (Å²) in [6.45, 7) is 2.50. The smallest absolute Gasteiger partial charge is 0.339 e. The lowest BCUT2D eigenvalue weighted by Crippen LogP contribution is -2.19. The zero-order chi connectivity index (χ0) is 19.8. The first-order valence-corrected chi connectivity index (χ1v) is 10.2. The summed E-state index contributed by atoms with van der Waals surface area (Å²) in [6.07, 6.45) is 2.92. The van der Waals surface area contributed by atoms with Gasteiger partial charge in [-0.1, -0.05) is 67.6 Å². The Hall–Kier alpha value is -3.20. The molecule has 4 aromatic rings. The third kappa shape index (κ3) is 3.27. The van der Waals surface area contributed by atoms with E-state index in [2.05, 4.69) is 25.1 Å². The number of carbonyl (C=O) groups excluding carboxylic acids is 1. The number of aromatic nitrogens is 1.